The number of carbonyl (C=O) groups is 2. The monoisotopic (exact) mass is 252 g/mol. The highest BCUT2D eigenvalue weighted by atomic mass is 16.5. The molecule has 0 bridgehead atoms. The maximum absolute atomic E-state index is 11.6. The molecule has 0 fully saturated rings. The summed E-state index contributed by atoms with van der Waals surface area (Å²) in [6, 6.07) is 6.00. The lowest BCUT2D eigenvalue weighted by atomic mass is 10.2. The van der Waals surface area contributed by atoms with Gasteiger partial charge < -0.3 is 20.9 Å². The van der Waals surface area contributed by atoms with Gasteiger partial charge in [0.25, 0.3) is 0 Å². The van der Waals surface area contributed by atoms with Crippen LogP contribution in [0.15, 0.2) is 24.3 Å². The first-order chi connectivity index (χ1) is 8.54. The van der Waals surface area contributed by atoms with Crippen LogP contribution in [0.25, 0.3) is 0 Å². The second kappa shape index (κ2) is 6.61. The number of ether oxygens (including phenoxy) is 1. The van der Waals surface area contributed by atoms with Gasteiger partial charge >= 0.3 is 5.97 Å². The molecule has 1 atom stereocenters. The van der Waals surface area contributed by atoms with Gasteiger partial charge in [-0.25, -0.2) is 4.79 Å². The highest BCUT2D eigenvalue weighted by Crippen LogP contribution is 2.23. The van der Waals surface area contributed by atoms with E-state index in [2.05, 4.69) is 5.32 Å². The van der Waals surface area contributed by atoms with Gasteiger partial charge in [0.15, 0.2) is 6.61 Å². The topological polar surface area (TPSA) is 102 Å². The Morgan fingerprint density at radius 1 is 1.44 bits per heavy atom. The molecule has 0 saturated carbocycles. The summed E-state index contributed by atoms with van der Waals surface area (Å²) >= 11 is 0. The third-order valence-corrected chi connectivity index (χ3v) is 2.27. The van der Waals surface area contributed by atoms with E-state index >= 15 is 0 Å². The van der Waals surface area contributed by atoms with E-state index in [0.717, 1.165) is 0 Å². The number of para-hydroxylation sites is 2. The van der Waals surface area contributed by atoms with E-state index in [1.165, 1.54) is 0 Å². The molecule has 0 unspecified atom stereocenters. The highest BCUT2D eigenvalue weighted by Gasteiger charge is 2.13. The van der Waals surface area contributed by atoms with Crippen molar-refractivity contribution in [2.24, 2.45) is 5.73 Å². The highest BCUT2D eigenvalue weighted by molar-refractivity contribution is 5.95. The van der Waals surface area contributed by atoms with E-state index in [1.807, 2.05) is 0 Å². The molecule has 1 aromatic carbocycles. The number of rotatable bonds is 6. The zero-order valence-electron chi connectivity index (χ0n) is 10.1. The fourth-order valence-electron chi connectivity index (χ4n) is 1.25. The summed E-state index contributed by atoms with van der Waals surface area (Å²) in [6.07, 6.45) is 0.518. The third-order valence-electron chi connectivity index (χ3n) is 2.27. The number of aliphatic carboxylic acids is 1. The van der Waals surface area contributed by atoms with Crippen LogP contribution in [0, 0.1) is 0 Å². The number of hydrogen-bond acceptors (Lipinski definition) is 4. The van der Waals surface area contributed by atoms with Gasteiger partial charge in [-0.1, -0.05) is 19.1 Å². The molecule has 0 aliphatic carbocycles. The van der Waals surface area contributed by atoms with Crippen molar-refractivity contribution in [1.82, 2.24) is 0 Å². The van der Waals surface area contributed by atoms with Gasteiger partial charge in [0, 0.05) is 0 Å². The molecule has 1 rings (SSSR count). The average molecular weight is 252 g/mol. The Morgan fingerprint density at radius 2 is 2.11 bits per heavy atom. The Hall–Kier alpha value is -2.08. The predicted molar refractivity (Wildman–Crippen MR) is 66.5 cm³/mol. The molecular formula is C12H16N2O4. The maximum Gasteiger partial charge on any atom is 0.341 e. The number of anilines is 1. The van der Waals surface area contributed by atoms with E-state index in [9.17, 15) is 9.59 Å². The van der Waals surface area contributed by atoms with Crippen LogP contribution in [-0.4, -0.2) is 29.6 Å². The second-order valence-corrected chi connectivity index (χ2v) is 3.68. The number of carboxylic acid groups (broad SMARTS) is 1. The summed E-state index contributed by atoms with van der Waals surface area (Å²) in [5.74, 6) is -1.11. The number of amides is 1. The van der Waals surface area contributed by atoms with Crippen molar-refractivity contribution < 1.29 is 19.4 Å². The van der Waals surface area contributed by atoms with Gasteiger partial charge in [-0.3, -0.25) is 4.79 Å². The van der Waals surface area contributed by atoms with Gasteiger partial charge in [-0.05, 0) is 18.6 Å². The first-order valence-corrected chi connectivity index (χ1v) is 5.54. The molecule has 4 N–H and O–H groups in total. The minimum Gasteiger partial charge on any atom is -0.480 e. The van der Waals surface area contributed by atoms with Crippen LogP contribution in [0.3, 0.4) is 0 Å². The summed E-state index contributed by atoms with van der Waals surface area (Å²) in [7, 11) is 0. The summed E-state index contributed by atoms with van der Waals surface area (Å²) in [6.45, 7) is 1.34. The van der Waals surface area contributed by atoms with Crippen molar-refractivity contribution in [2.75, 3.05) is 11.9 Å². The minimum absolute atomic E-state index is 0.302. The Bertz CT molecular complexity index is 434. The molecule has 0 radical (unpaired) electrons. The Morgan fingerprint density at radius 3 is 2.72 bits per heavy atom. The zero-order chi connectivity index (χ0) is 13.5. The fraction of sp³-hybridized carbons (Fsp3) is 0.333. The first-order valence-electron chi connectivity index (χ1n) is 5.54. The van der Waals surface area contributed by atoms with Crippen molar-refractivity contribution in [1.29, 1.82) is 0 Å². The van der Waals surface area contributed by atoms with Crippen molar-refractivity contribution in [3.05, 3.63) is 24.3 Å². The molecule has 0 aliphatic rings. The summed E-state index contributed by atoms with van der Waals surface area (Å²) in [5.41, 5.74) is 6.00. The van der Waals surface area contributed by atoms with Crippen molar-refractivity contribution in [3.63, 3.8) is 0 Å². The number of carbonyl (C=O) groups excluding carboxylic acids is 1. The van der Waals surface area contributed by atoms with Crippen LogP contribution in [0.2, 0.25) is 0 Å². The smallest absolute Gasteiger partial charge is 0.341 e. The molecule has 0 heterocycles. The lowest BCUT2D eigenvalue weighted by Gasteiger charge is -2.13. The van der Waals surface area contributed by atoms with Crippen LogP contribution >= 0.6 is 0 Å². The van der Waals surface area contributed by atoms with E-state index in [-0.39, 0.29) is 5.91 Å². The van der Waals surface area contributed by atoms with Crippen LogP contribution in [0.1, 0.15) is 13.3 Å². The fourth-order valence-corrected chi connectivity index (χ4v) is 1.25. The first kappa shape index (κ1) is 14.0. The quantitative estimate of drug-likeness (QED) is 0.696. The molecule has 0 saturated heterocycles. The molecule has 1 amide bonds. The number of carboxylic acids is 1. The van der Waals surface area contributed by atoms with Crippen molar-refractivity contribution >= 4 is 17.6 Å². The molecule has 18 heavy (non-hydrogen) atoms. The molecule has 0 aromatic heterocycles. The van der Waals surface area contributed by atoms with Crippen molar-refractivity contribution in [3.8, 4) is 5.75 Å². The summed E-state index contributed by atoms with van der Waals surface area (Å²) in [4.78, 5) is 22.1. The molecule has 1 aromatic rings. The minimum atomic E-state index is -1.08. The SMILES string of the molecule is CC[C@H](N)C(=O)Nc1ccccc1OCC(=O)O. The normalized spacial score (nSPS) is 11.7. The number of nitrogens with one attached hydrogen (secondary N) is 1. The standard InChI is InChI=1S/C12H16N2O4/c1-2-8(13)12(17)14-9-5-3-4-6-10(9)18-7-11(15)16/h3-6,8H,2,7,13H2,1H3,(H,14,17)(H,15,16)/t8-/m0/s1. The Kier molecular flexibility index (Phi) is 5.13. The predicted octanol–water partition coefficient (Wildman–Crippen LogP) is 0.826. The molecule has 98 valence electrons. The summed E-state index contributed by atoms with van der Waals surface area (Å²) < 4.78 is 5.06. The van der Waals surface area contributed by atoms with Gasteiger partial charge in [0.2, 0.25) is 5.91 Å². The van der Waals surface area contributed by atoms with E-state index in [1.54, 1.807) is 31.2 Å². The van der Waals surface area contributed by atoms with Gasteiger partial charge in [0.05, 0.1) is 11.7 Å². The van der Waals surface area contributed by atoms with Crippen LogP contribution < -0.4 is 15.8 Å². The number of hydrogen-bond donors (Lipinski definition) is 3. The molecule has 6 nitrogen and oxygen atoms in total. The van der Waals surface area contributed by atoms with E-state index < -0.39 is 18.6 Å². The Labute approximate surface area is 105 Å². The molecule has 0 aliphatic heterocycles. The van der Waals surface area contributed by atoms with Gasteiger partial charge in [0.1, 0.15) is 5.75 Å². The summed E-state index contributed by atoms with van der Waals surface area (Å²) in [5, 5.41) is 11.1. The lowest BCUT2D eigenvalue weighted by molar-refractivity contribution is -0.139. The largest absolute Gasteiger partial charge is 0.480 e. The third kappa shape index (κ3) is 4.06. The average Bonchev–Trinajstić information content (AvgIpc) is 2.36. The number of benzene rings is 1. The second-order valence-electron chi connectivity index (χ2n) is 3.68. The van der Waals surface area contributed by atoms with E-state index in [0.29, 0.717) is 17.9 Å². The zero-order valence-corrected chi connectivity index (χ0v) is 10.1. The maximum atomic E-state index is 11.6. The molecular weight excluding hydrogens is 236 g/mol. The molecule has 0 spiro atoms. The lowest BCUT2D eigenvalue weighted by Crippen LogP contribution is -2.34. The van der Waals surface area contributed by atoms with Crippen LogP contribution in [-0.2, 0) is 9.59 Å². The van der Waals surface area contributed by atoms with Gasteiger partial charge in [-0.15, -0.1) is 0 Å². The Balaban J connectivity index is 2.75. The van der Waals surface area contributed by atoms with Gasteiger partial charge in [-0.2, -0.15) is 0 Å². The van der Waals surface area contributed by atoms with Crippen LogP contribution in [0.4, 0.5) is 5.69 Å². The number of nitrogens with two attached hydrogens (primary N) is 1. The van der Waals surface area contributed by atoms with Crippen LogP contribution in [0.5, 0.6) is 5.75 Å². The van der Waals surface area contributed by atoms with Crippen molar-refractivity contribution in [2.45, 2.75) is 19.4 Å². The molecule has 6 heteroatoms. The van der Waals surface area contributed by atoms with E-state index in [4.69, 9.17) is 15.6 Å².